The normalized spacial score (nSPS) is 19.8. The van der Waals surface area contributed by atoms with E-state index in [2.05, 4.69) is 103 Å². The fraction of sp³-hybridized carbons (Fsp3) is 0.0714. The van der Waals surface area contributed by atoms with Crippen molar-refractivity contribution >= 4 is 46.5 Å². The molecule has 4 aromatic rings. The Morgan fingerprint density at radius 3 is 1.83 bits per heavy atom. The highest BCUT2D eigenvalue weighted by molar-refractivity contribution is 6.46. The molecule has 2 atom stereocenters. The van der Waals surface area contributed by atoms with Gasteiger partial charge in [0.2, 0.25) is 0 Å². The number of rotatable bonds is 1. The van der Waals surface area contributed by atoms with Crippen molar-refractivity contribution in [3.63, 3.8) is 0 Å². The summed E-state index contributed by atoms with van der Waals surface area (Å²) in [5.74, 6) is 0.691. The van der Waals surface area contributed by atoms with E-state index in [0.29, 0.717) is 11.8 Å². The first kappa shape index (κ1) is 16.6. The monoisotopic (exact) mass is 366 g/mol. The molecular weight excluding hydrogens is 347 g/mol. The van der Waals surface area contributed by atoms with Gasteiger partial charge >= 0.3 is 0 Å². The lowest BCUT2D eigenvalue weighted by atomic mass is 9.69. The lowest BCUT2D eigenvalue weighted by molar-refractivity contribution is 0.710. The molecule has 2 aliphatic rings. The first-order valence-corrected chi connectivity index (χ1v) is 10.2. The summed E-state index contributed by atoms with van der Waals surface area (Å²) in [6.07, 6.45) is 11.5. The third kappa shape index (κ3) is 2.40. The molecule has 0 aliphatic heterocycles. The van der Waals surface area contributed by atoms with E-state index in [9.17, 15) is 0 Å². The summed E-state index contributed by atoms with van der Waals surface area (Å²) in [6, 6.07) is 25.9. The summed E-state index contributed by atoms with van der Waals surface area (Å²) in [7, 11) is 6.62. The largest absolute Gasteiger partial charge is 0.115 e. The van der Waals surface area contributed by atoms with E-state index in [1.807, 2.05) is 0 Å². The summed E-state index contributed by atoms with van der Waals surface area (Å²) < 4.78 is 0. The highest BCUT2D eigenvalue weighted by atomic mass is 14.3. The lowest BCUT2D eigenvalue weighted by Gasteiger charge is -2.34. The Morgan fingerprint density at radius 1 is 0.586 bits per heavy atom. The van der Waals surface area contributed by atoms with Gasteiger partial charge < -0.3 is 0 Å². The second kappa shape index (κ2) is 6.35. The molecule has 6 rings (SSSR count). The summed E-state index contributed by atoms with van der Waals surface area (Å²) in [4.78, 5) is 0. The molecule has 0 spiro atoms. The van der Waals surface area contributed by atoms with Crippen molar-refractivity contribution in [2.75, 3.05) is 0 Å². The van der Waals surface area contributed by atoms with Crippen LogP contribution in [0.5, 0.6) is 0 Å². The van der Waals surface area contributed by atoms with Crippen LogP contribution in [-0.4, -0.2) is 7.85 Å². The van der Waals surface area contributed by atoms with Gasteiger partial charge in [0.1, 0.15) is 7.85 Å². The zero-order valence-electron chi connectivity index (χ0n) is 16.0. The highest BCUT2D eigenvalue weighted by Crippen LogP contribution is 2.48. The third-order valence-corrected chi connectivity index (χ3v) is 6.42. The molecular formula is C28H19B. The molecule has 2 radical (unpaired) electrons. The number of fused-ring (bicyclic) bond motifs is 5. The van der Waals surface area contributed by atoms with E-state index in [4.69, 9.17) is 7.85 Å². The number of hydrogen-bond acceptors (Lipinski definition) is 0. The van der Waals surface area contributed by atoms with Crippen LogP contribution in [0.1, 0.15) is 22.6 Å². The molecule has 0 aromatic heterocycles. The van der Waals surface area contributed by atoms with E-state index in [1.54, 1.807) is 0 Å². The van der Waals surface area contributed by atoms with E-state index in [-0.39, 0.29) is 0 Å². The van der Waals surface area contributed by atoms with Crippen LogP contribution in [0.3, 0.4) is 0 Å². The minimum absolute atomic E-state index is 0.324. The molecule has 4 aromatic carbocycles. The Labute approximate surface area is 172 Å². The van der Waals surface area contributed by atoms with Crippen molar-refractivity contribution < 1.29 is 0 Å². The maximum atomic E-state index is 6.62. The average Bonchev–Trinajstić information content (AvgIpc) is 2.79. The SMILES string of the molecule is [B]c1c2ccccc2c(C2=Cc3ccccc3C3C=CC=CC23)c2ccccc12. The van der Waals surface area contributed by atoms with Gasteiger partial charge in [-0.25, -0.2) is 0 Å². The van der Waals surface area contributed by atoms with E-state index in [0.717, 1.165) is 16.2 Å². The number of allylic oxidation sites excluding steroid dienone is 5. The molecule has 2 aliphatic carbocycles. The molecule has 0 bridgehead atoms. The summed E-state index contributed by atoms with van der Waals surface area (Å²) >= 11 is 0. The lowest BCUT2D eigenvalue weighted by Crippen LogP contribution is -2.19. The Morgan fingerprint density at radius 2 is 1.14 bits per heavy atom. The molecule has 0 amide bonds. The van der Waals surface area contributed by atoms with Crippen LogP contribution < -0.4 is 5.46 Å². The molecule has 2 unspecified atom stereocenters. The van der Waals surface area contributed by atoms with E-state index < -0.39 is 0 Å². The summed E-state index contributed by atoms with van der Waals surface area (Å²) in [6.45, 7) is 0. The molecule has 0 nitrogen and oxygen atoms in total. The van der Waals surface area contributed by atoms with Gasteiger partial charge in [-0.2, -0.15) is 0 Å². The summed E-state index contributed by atoms with van der Waals surface area (Å²) in [5.41, 5.74) is 6.28. The molecule has 29 heavy (non-hydrogen) atoms. The van der Waals surface area contributed by atoms with Crippen molar-refractivity contribution in [3.8, 4) is 0 Å². The molecule has 0 saturated heterocycles. The predicted molar refractivity (Wildman–Crippen MR) is 126 cm³/mol. The summed E-state index contributed by atoms with van der Waals surface area (Å²) in [5, 5.41) is 4.73. The Bertz CT molecular complexity index is 1310. The first-order chi connectivity index (χ1) is 14.3. The van der Waals surface area contributed by atoms with Crippen molar-refractivity contribution in [2.24, 2.45) is 5.92 Å². The fourth-order valence-corrected chi connectivity index (χ4v) is 5.12. The topological polar surface area (TPSA) is 0 Å². The number of hydrogen-bond donors (Lipinski definition) is 0. The zero-order chi connectivity index (χ0) is 19.4. The number of benzene rings is 4. The van der Waals surface area contributed by atoms with Gasteiger partial charge in [-0.15, -0.1) is 0 Å². The van der Waals surface area contributed by atoms with Crippen LogP contribution in [-0.2, 0) is 0 Å². The predicted octanol–water partition coefficient (Wildman–Crippen LogP) is 6.17. The molecule has 134 valence electrons. The maximum Gasteiger partial charge on any atom is 0.115 e. The quantitative estimate of drug-likeness (QED) is 0.279. The van der Waals surface area contributed by atoms with Gasteiger partial charge in [0.15, 0.2) is 0 Å². The van der Waals surface area contributed by atoms with Gasteiger partial charge in [-0.3, -0.25) is 0 Å². The van der Waals surface area contributed by atoms with Gasteiger partial charge in [-0.05, 0) is 43.8 Å². The smallest absolute Gasteiger partial charge is 0.0812 e. The van der Waals surface area contributed by atoms with Crippen LogP contribution in [0.25, 0.3) is 33.2 Å². The van der Waals surface area contributed by atoms with Crippen LogP contribution in [0.2, 0.25) is 0 Å². The van der Waals surface area contributed by atoms with E-state index >= 15 is 0 Å². The van der Waals surface area contributed by atoms with Crippen molar-refractivity contribution in [1.82, 2.24) is 0 Å². The molecule has 0 heterocycles. The molecule has 1 heteroatoms. The highest BCUT2D eigenvalue weighted by Gasteiger charge is 2.31. The Balaban J connectivity index is 1.76. The fourth-order valence-electron chi connectivity index (χ4n) is 5.12. The average molecular weight is 366 g/mol. The van der Waals surface area contributed by atoms with Crippen LogP contribution >= 0.6 is 0 Å². The minimum Gasteiger partial charge on any atom is -0.0812 e. The molecule has 0 N–H and O–H groups in total. The van der Waals surface area contributed by atoms with Crippen LogP contribution in [0.15, 0.2) is 97.1 Å². The van der Waals surface area contributed by atoms with Crippen molar-refractivity contribution in [2.45, 2.75) is 5.92 Å². The first-order valence-electron chi connectivity index (χ1n) is 10.2. The third-order valence-electron chi connectivity index (χ3n) is 6.42. The van der Waals surface area contributed by atoms with Crippen LogP contribution in [0.4, 0.5) is 0 Å². The van der Waals surface area contributed by atoms with Crippen molar-refractivity contribution in [3.05, 3.63) is 114 Å². The standard InChI is InChI=1S/C28H19B/c29-28-24-15-7-5-13-22(24)27(23-14-6-8-16-25(23)28)26-17-18-9-1-2-10-19(18)20-11-3-4-12-21(20)26/h1-17,20-21H. The van der Waals surface area contributed by atoms with Crippen LogP contribution in [0, 0.1) is 5.92 Å². The minimum atomic E-state index is 0.324. The Kier molecular flexibility index (Phi) is 3.64. The molecule has 0 fully saturated rings. The van der Waals surface area contributed by atoms with Gasteiger partial charge in [0.05, 0.1) is 0 Å². The van der Waals surface area contributed by atoms with Gasteiger partial charge in [0.25, 0.3) is 0 Å². The van der Waals surface area contributed by atoms with Gasteiger partial charge in [0, 0.05) is 11.8 Å². The maximum absolute atomic E-state index is 6.62. The van der Waals surface area contributed by atoms with Crippen molar-refractivity contribution in [1.29, 1.82) is 0 Å². The second-order valence-electron chi connectivity index (χ2n) is 7.93. The zero-order valence-corrected chi connectivity index (χ0v) is 16.0. The van der Waals surface area contributed by atoms with E-state index in [1.165, 1.54) is 33.0 Å². The molecule has 0 saturated carbocycles. The van der Waals surface area contributed by atoms with Gasteiger partial charge in [-0.1, -0.05) is 109 Å². The second-order valence-corrected chi connectivity index (χ2v) is 7.93. The Hall–Kier alpha value is -3.32.